The minimum absolute atomic E-state index is 0.0729. The van der Waals surface area contributed by atoms with Crippen LogP contribution in [-0.4, -0.2) is 20.9 Å². The monoisotopic (exact) mass is 430 g/mol. The summed E-state index contributed by atoms with van der Waals surface area (Å²) in [7, 11) is -3.44. The van der Waals surface area contributed by atoms with Crippen LogP contribution in [0.25, 0.3) is 0 Å². The van der Waals surface area contributed by atoms with Crippen molar-refractivity contribution in [2.45, 2.75) is 75.9 Å². The van der Waals surface area contributed by atoms with Gasteiger partial charge < -0.3 is 9.52 Å². The first-order chi connectivity index (χ1) is 14.5. The summed E-state index contributed by atoms with van der Waals surface area (Å²) in [6, 6.07) is 3.93. The molecule has 162 valence electrons. The number of Topliss-reactive ketones (excluding diaryl/α,β-unsaturated/α-hetero) is 1. The molecule has 0 bridgehead atoms. The van der Waals surface area contributed by atoms with Gasteiger partial charge in [-0.3, -0.25) is 4.79 Å². The van der Waals surface area contributed by atoms with Crippen LogP contribution in [0.1, 0.15) is 75.1 Å². The molecule has 0 radical (unpaired) electrons. The number of hydrogen-bond acceptors (Lipinski definition) is 5. The van der Waals surface area contributed by atoms with Crippen LogP contribution in [0, 0.1) is 10.7 Å². The molecule has 2 N–H and O–H groups in total. The molecule has 1 fully saturated rings. The van der Waals surface area contributed by atoms with Gasteiger partial charge in [0.05, 0.1) is 19.0 Å². The summed E-state index contributed by atoms with van der Waals surface area (Å²) in [6.45, 7) is 5.34. The van der Waals surface area contributed by atoms with Crippen LogP contribution in [0.2, 0.25) is 0 Å². The number of aliphatic hydroxyl groups is 1. The van der Waals surface area contributed by atoms with Crippen molar-refractivity contribution in [1.82, 2.24) is 0 Å². The fourth-order valence-electron chi connectivity index (χ4n) is 4.48. The number of furan rings is 1. The number of fused-ring (bicyclic) bond motifs is 1. The Balaban J connectivity index is 1.60. The van der Waals surface area contributed by atoms with Crippen molar-refractivity contribution in [3.05, 3.63) is 52.3 Å². The highest BCUT2D eigenvalue weighted by Gasteiger charge is 2.32. The quantitative estimate of drug-likeness (QED) is 0.633. The van der Waals surface area contributed by atoms with E-state index in [1.807, 2.05) is 6.07 Å². The molecule has 1 unspecified atom stereocenters. The van der Waals surface area contributed by atoms with Gasteiger partial charge in [-0.2, -0.15) is 0 Å². The van der Waals surface area contributed by atoms with Crippen LogP contribution in [0.4, 0.5) is 0 Å². The van der Waals surface area contributed by atoms with Crippen molar-refractivity contribution in [3.63, 3.8) is 0 Å². The minimum atomic E-state index is -3.44. The first-order valence-corrected chi connectivity index (χ1v) is 12.4. The number of nitrogens with one attached hydrogen (secondary N) is 1. The van der Waals surface area contributed by atoms with Gasteiger partial charge in [-0.15, -0.1) is 0 Å². The summed E-state index contributed by atoms with van der Waals surface area (Å²) in [5, 5.41) is 10.0. The highest BCUT2D eigenvalue weighted by Crippen LogP contribution is 2.44. The molecule has 1 aromatic carbocycles. The second kappa shape index (κ2) is 7.65. The summed E-state index contributed by atoms with van der Waals surface area (Å²) in [6.07, 6.45) is 6.54. The van der Waals surface area contributed by atoms with Crippen molar-refractivity contribution in [1.29, 1.82) is 4.78 Å². The van der Waals surface area contributed by atoms with E-state index in [1.54, 1.807) is 13.8 Å². The second-order valence-electron chi connectivity index (χ2n) is 9.41. The van der Waals surface area contributed by atoms with Crippen LogP contribution in [0.5, 0.6) is 0 Å². The van der Waals surface area contributed by atoms with Crippen LogP contribution in [-0.2, 0) is 39.4 Å². The molecule has 30 heavy (non-hydrogen) atoms. The number of ketones is 1. The molecule has 0 saturated heterocycles. The smallest absolute Gasteiger partial charge is 0.199 e. The SMILES string of the molecule is [2H]c1cc([C@@H](C)C2CC2)c(CC(=O)CS(=N)(=O)c2cc(C(C)(C)O)co2)c2c1CCC2. The van der Waals surface area contributed by atoms with Crippen LogP contribution >= 0.6 is 0 Å². The molecular weight excluding hydrogens is 398 g/mol. The average molecular weight is 431 g/mol. The molecule has 5 nitrogen and oxygen atoms in total. The first kappa shape index (κ1) is 20.0. The van der Waals surface area contributed by atoms with Crippen molar-refractivity contribution in [2.24, 2.45) is 5.92 Å². The summed E-state index contributed by atoms with van der Waals surface area (Å²) >= 11 is 0. The van der Waals surface area contributed by atoms with E-state index in [0.717, 1.165) is 41.5 Å². The second-order valence-corrected chi connectivity index (χ2v) is 11.4. The maximum absolute atomic E-state index is 13.0. The number of benzene rings is 1. The van der Waals surface area contributed by atoms with E-state index >= 15 is 0 Å². The van der Waals surface area contributed by atoms with Crippen LogP contribution < -0.4 is 0 Å². The Morgan fingerprint density at radius 3 is 2.80 bits per heavy atom. The number of rotatable bonds is 8. The molecule has 2 aromatic rings. The zero-order chi connectivity index (χ0) is 22.6. The van der Waals surface area contributed by atoms with E-state index in [0.29, 0.717) is 23.4 Å². The Morgan fingerprint density at radius 1 is 1.43 bits per heavy atom. The van der Waals surface area contributed by atoms with Crippen molar-refractivity contribution >= 4 is 15.5 Å². The van der Waals surface area contributed by atoms with Gasteiger partial charge in [0.15, 0.2) is 10.9 Å². The van der Waals surface area contributed by atoms with Crippen LogP contribution in [0.15, 0.2) is 33.9 Å². The zero-order valence-electron chi connectivity index (χ0n) is 18.9. The van der Waals surface area contributed by atoms with E-state index in [2.05, 4.69) is 6.92 Å². The third kappa shape index (κ3) is 4.26. The fourth-order valence-corrected chi connectivity index (χ4v) is 5.70. The average Bonchev–Trinajstić information content (AvgIpc) is 3.17. The summed E-state index contributed by atoms with van der Waals surface area (Å²) < 4.78 is 35.0. The standard InChI is InChI=1S/C24H31NO4S/c1-15(16-7-8-16)20-10-9-17-5-4-6-21(17)22(20)12-19(26)14-30(25,28)23-11-18(13-29-23)24(2,3)27/h9-11,13,15-16,25,27H,4-8,12,14H2,1-3H3/t15-,30?/m0/s1/i9D. The molecule has 0 aliphatic heterocycles. The molecule has 4 rings (SSSR count). The lowest BCUT2D eigenvalue weighted by molar-refractivity contribution is -0.116. The molecule has 1 heterocycles. The highest BCUT2D eigenvalue weighted by atomic mass is 32.2. The lowest BCUT2D eigenvalue weighted by atomic mass is 9.86. The third-order valence-corrected chi connectivity index (χ3v) is 8.09. The van der Waals surface area contributed by atoms with Gasteiger partial charge in [0.1, 0.15) is 9.73 Å². The molecule has 0 amide bonds. The molecular formula is C24H31NO4S. The lowest BCUT2D eigenvalue weighted by Gasteiger charge is -2.19. The summed E-state index contributed by atoms with van der Waals surface area (Å²) in [5.74, 6) is 0.242. The van der Waals surface area contributed by atoms with E-state index in [4.69, 9.17) is 10.6 Å². The summed E-state index contributed by atoms with van der Waals surface area (Å²) in [4.78, 5) is 13.0. The molecule has 2 aliphatic carbocycles. The van der Waals surface area contributed by atoms with Gasteiger partial charge in [-0.25, -0.2) is 8.99 Å². The Hall–Kier alpha value is -1.92. The van der Waals surface area contributed by atoms with E-state index in [1.165, 1.54) is 25.2 Å². The molecule has 1 aromatic heterocycles. The van der Waals surface area contributed by atoms with Gasteiger partial charge in [-0.1, -0.05) is 19.0 Å². The van der Waals surface area contributed by atoms with Crippen LogP contribution in [0.3, 0.4) is 0 Å². The molecule has 2 aliphatic rings. The largest absolute Gasteiger partial charge is 0.454 e. The topological polar surface area (TPSA) is 91.4 Å². The van der Waals surface area contributed by atoms with Gasteiger partial charge in [-0.05, 0) is 80.0 Å². The molecule has 0 spiro atoms. The first-order valence-electron chi connectivity index (χ1n) is 11.2. The predicted molar refractivity (Wildman–Crippen MR) is 116 cm³/mol. The van der Waals surface area contributed by atoms with Crippen molar-refractivity contribution in [3.8, 4) is 0 Å². The van der Waals surface area contributed by atoms with Gasteiger partial charge in [0, 0.05) is 18.1 Å². The minimum Gasteiger partial charge on any atom is -0.454 e. The number of carbonyl (C=O) groups excluding carboxylic acids is 1. The van der Waals surface area contributed by atoms with Gasteiger partial charge >= 0.3 is 0 Å². The highest BCUT2D eigenvalue weighted by molar-refractivity contribution is 7.93. The van der Waals surface area contributed by atoms with E-state index in [9.17, 15) is 14.1 Å². The molecule has 1 saturated carbocycles. The van der Waals surface area contributed by atoms with Gasteiger partial charge in [0.2, 0.25) is 0 Å². The number of carbonyl (C=O) groups is 1. The molecule has 6 heteroatoms. The lowest BCUT2D eigenvalue weighted by Crippen LogP contribution is -2.19. The predicted octanol–water partition coefficient (Wildman–Crippen LogP) is 4.73. The Morgan fingerprint density at radius 2 is 2.17 bits per heavy atom. The Labute approximate surface area is 180 Å². The maximum Gasteiger partial charge on any atom is 0.199 e. The van der Waals surface area contributed by atoms with Gasteiger partial charge in [0.25, 0.3) is 0 Å². The summed E-state index contributed by atoms with van der Waals surface area (Å²) in [5.41, 5.74) is 3.51. The normalized spacial score (nSPS) is 19.8. The van der Waals surface area contributed by atoms with Crippen molar-refractivity contribution in [2.75, 3.05) is 5.75 Å². The van der Waals surface area contributed by atoms with E-state index < -0.39 is 21.1 Å². The fraction of sp³-hybridized carbons (Fsp3) is 0.542. The molecule has 2 atom stereocenters. The van der Waals surface area contributed by atoms with E-state index in [-0.39, 0.29) is 17.3 Å². The Kier molecular flexibility index (Phi) is 5.10. The Bertz CT molecular complexity index is 1120. The van der Waals surface area contributed by atoms with Crippen molar-refractivity contribution < 1.29 is 19.9 Å². The maximum atomic E-state index is 13.0. The number of hydrogen-bond donors (Lipinski definition) is 2. The zero-order valence-corrected chi connectivity index (χ0v) is 18.7. The third-order valence-electron chi connectivity index (χ3n) is 6.50.